The van der Waals surface area contributed by atoms with Gasteiger partial charge in [0.15, 0.2) is 5.82 Å². The van der Waals surface area contributed by atoms with Crippen molar-refractivity contribution in [2.24, 2.45) is 7.05 Å². The summed E-state index contributed by atoms with van der Waals surface area (Å²) in [6, 6.07) is 9.84. The van der Waals surface area contributed by atoms with Gasteiger partial charge in [-0.1, -0.05) is 11.6 Å². The molecule has 0 aliphatic rings. The number of aryl methyl sites for hydroxylation is 1. The Bertz CT molecular complexity index is 914. The highest BCUT2D eigenvalue weighted by atomic mass is 35.5. The summed E-state index contributed by atoms with van der Waals surface area (Å²) in [5, 5.41) is 9.83. The average molecular weight is 330 g/mol. The van der Waals surface area contributed by atoms with E-state index in [1.807, 2.05) is 0 Å². The molecule has 8 heteroatoms. The third kappa shape index (κ3) is 3.29. The van der Waals surface area contributed by atoms with E-state index in [0.717, 1.165) is 5.56 Å². The predicted octanol–water partition coefficient (Wildman–Crippen LogP) is 2.08. The molecule has 1 amide bonds. The number of hydrogen-bond donors (Lipinski definition) is 2. The Morgan fingerprint density at radius 2 is 2.00 bits per heavy atom. The molecule has 0 fully saturated rings. The van der Waals surface area contributed by atoms with Crippen molar-refractivity contribution < 1.29 is 4.79 Å². The van der Waals surface area contributed by atoms with E-state index in [1.54, 1.807) is 37.4 Å². The van der Waals surface area contributed by atoms with Crippen LogP contribution in [0, 0.1) is 0 Å². The molecule has 23 heavy (non-hydrogen) atoms. The van der Waals surface area contributed by atoms with E-state index in [-0.39, 0.29) is 17.1 Å². The number of aromatic amines is 1. The van der Waals surface area contributed by atoms with E-state index in [9.17, 15) is 9.59 Å². The molecule has 0 spiro atoms. The second kappa shape index (κ2) is 6.05. The van der Waals surface area contributed by atoms with Crippen LogP contribution in [-0.2, 0) is 7.05 Å². The molecule has 0 saturated carbocycles. The fraction of sp³-hybridized carbons (Fsp3) is 0.0667. The van der Waals surface area contributed by atoms with Crippen molar-refractivity contribution in [2.75, 3.05) is 5.32 Å². The number of nitrogens with zero attached hydrogens (tertiary/aromatic N) is 3. The molecule has 116 valence electrons. The first-order chi connectivity index (χ1) is 11.0. The summed E-state index contributed by atoms with van der Waals surface area (Å²) in [4.78, 5) is 27.8. The molecule has 0 radical (unpaired) electrons. The van der Waals surface area contributed by atoms with E-state index in [0.29, 0.717) is 10.8 Å². The molecule has 2 heterocycles. The Labute approximate surface area is 135 Å². The number of benzene rings is 1. The van der Waals surface area contributed by atoms with Crippen molar-refractivity contribution in [1.29, 1.82) is 0 Å². The zero-order valence-electron chi connectivity index (χ0n) is 12.1. The maximum atomic E-state index is 12.1. The Morgan fingerprint density at radius 1 is 1.26 bits per heavy atom. The van der Waals surface area contributed by atoms with Crippen molar-refractivity contribution in [3.05, 3.63) is 63.5 Å². The number of rotatable bonds is 3. The van der Waals surface area contributed by atoms with Gasteiger partial charge in [0.1, 0.15) is 0 Å². The van der Waals surface area contributed by atoms with E-state index < -0.39 is 5.91 Å². The third-order valence-electron chi connectivity index (χ3n) is 3.19. The van der Waals surface area contributed by atoms with Crippen LogP contribution in [0.5, 0.6) is 0 Å². The lowest BCUT2D eigenvalue weighted by Crippen LogP contribution is -2.20. The fourth-order valence-electron chi connectivity index (χ4n) is 1.92. The summed E-state index contributed by atoms with van der Waals surface area (Å²) < 4.78 is 1.38. The van der Waals surface area contributed by atoms with Crippen LogP contribution in [0.25, 0.3) is 11.4 Å². The first-order valence-electron chi connectivity index (χ1n) is 6.69. The van der Waals surface area contributed by atoms with Crippen molar-refractivity contribution in [2.45, 2.75) is 0 Å². The molecule has 0 unspecified atom stereocenters. The van der Waals surface area contributed by atoms with Crippen molar-refractivity contribution >= 4 is 23.5 Å². The zero-order valence-corrected chi connectivity index (χ0v) is 12.8. The van der Waals surface area contributed by atoms with Crippen LogP contribution >= 0.6 is 11.6 Å². The number of hydrogen-bond acceptors (Lipinski definition) is 4. The summed E-state index contributed by atoms with van der Waals surface area (Å²) >= 11 is 5.83. The Morgan fingerprint density at radius 3 is 2.70 bits per heavy atom. The maximum Gasteiger partial charge on any atom is 0.258 e. The number of pyridine rings is 1. The van der Waals surface area contributed by atoms with Crippen LogP contribution in [-0.4, -0.2) is 25.7 Å². The molecule has 0 aliphatic heterocycles. The number of anilines is 1. The highest BCUT2D eigenvalue weighted by Crippen LogP contribution is 2.18. The number of H-pyrrole nitrogens is 1. The van der Waals surface area contributed by atoms with Gasteiger partial charge in [0.25, 0.3) is 11.5 Å². The van der Waals surface area contributed by atoms with Gasteiger partial charge in [-0.3, -0.25) is 20.0 Å². The van der Waals surface area contributed by atoms with Gasteiger partial charge in [0.05, 0.1) is 0 Å². The second-order valence-electron chi connectivity index (χ2n) is 4.83. The van der Waals surface area contributed by atoms with E-state index >= 15 is 0 Å². The Balaban J connectivity index is 1.78. The van der Waals surface area contributed by atoms with Crippen molar-refractivity contribution in [3.8, 4) is 11.4 Å². The van der Waals surface area contributed by atoms with Gasteiger partial charge in [-0.05, 0) is 30.3 Å². The Hall–Kier alpha value is -2.93. The van der Waals surface area contributed by atoms with E-state index in [1.165, 1.54) is 16.8 Å². The summed E-state index contributed by atoms with van der Waals surface area (Å²) in [5.41, 5.74) is 0.761. The molecule has 1 aromatic carbocycles. The maximum absolute atomic E-state index is 12.1. The van der Waals surface area contributed by atoms with Gasteiger partial charge in [-0.2, -0.15) is 4.98 Å². The largest absolute Gasteiger partial charge is 0.319 e. The number of aromatic nitrogens is 4. The molecule has 0 saturated heterocycles. The number of carbonyl (C=O) groups excluding carboxylic acids is 1. The third-order valence-corrected chi connectivity index (χ3v) is 3.45. The van der Waals surface area contributed by atoms with Crippen LogP contribution < -0.4 is 10.9 Å². The fourth-order valence-corrected chi connectivity index (χ4v) is 2.04. The van der Waals surface area contributed by atoms with Gasteiger partial charge in [0, 0.05) is 35.5 Å². The quantitative estimate of drug-likeness (QED) is 0.769. The normalized spacial score (nSPS) is 10.5. The minimum atomic E-state index is -0.454. The SMILES string of the molecule is Cn1ccc(C(=O)Nc2n[nH]c(-c3ccc(Cl)cc3)n2)cc1=O. The monoisotopic (exact) mass is 329 g/mol. The minimum absolute atomic E-state index is 0.126. The van der Waals surface area contributed by atoms with E-state index in [2.05, 4.69) is 20.5 Å². The van der Waals surface area contributed by atoms with Gasteiger partial charge in [-0.15, -0.1) is 5.10 Å². The number of carbonyl (C=O) groups is 1. The topological polar surface area (TPSA) is 92.7 Å². The van der Waals surface area contributed by atoms with Crippen LogP contribution in [0.3, 0.4) is 0 Å². The molecule has 3 aromatic rings. The van der Waals surface area contributed by atoms with Crippen LogP contribution in [0.1, 0.15) is 10.4 Å². The molecule has 7 nitrogen and oxygen atoms in total. The molecular weight excluding hydrogens is 318 g/mol. The Kier molecular flexibility index (Phi) is 3.94. The summed E-state index contributed by atoms with van der Waals surface area (Å²) in [5.74, 6) is 0.172. The van der Waals surface area contributed by atoms with E-state index in [4.69, 9.17) is 11.6 Å². The van der Waals surface area contributed by atoms with Crippen molar-refractivity contribution in [3.63, 3.8) is 0 Å². The highest BCUT2D eigenvalue weighted by Gasteiger charge is 2.11. The van der Waals surface area contributed by atoms with Gasteiger partial charge in [0.2, 0.25) is 5.95 Å². The lowest BCUT2D eigenvalue weighted by molar-refractivity contribution is 0.102. The first kappa shape index (κ1) is 15.0. The van der Waals surface area contributed by atoms with Crippen molar-refractivity contribution in [1.82, 2.24) is 19.7 Å². The predicted molar refractivity (Wildman–Crippen MR) is 86.5 cm³/mol. The summed E-state index contributed by atoms with van der Waals surface area (Å²) in [7, 11) is 1.61. The highest BCUT2D eigenvalue weighted by molar-refractivity contribution is 6.30. The number of halogens is 1. The lowest BCUT2D eigenvalue weighted by Gasteiger charge is -2.01. The standard InChI is InChI=1S/C15H12ClN5O2/c1-21-7-6-10(8-12(21)22)14(23)18-15-17-13(19-20-15)9-2-4-11(16)5-3-9/h2-8H,1H3,(H2,17,18,19,20,23). The molecule has 2 aromatic heterocycles. The minimum Gasteiger partial charge on any atom is -0.319 e. The van der Waals surface area contributed by atoms with Crippen LogP contribution in [0.15, 0.2) is 47.4 Å². The zero-order chi connectivity index (χ0) is 16.4. The molecule has 0 bridgehead atoms. The molecular formula is C15H12ClN5O2. The van der Waals surface area contributed by atoms with Crippen LogP contribution in [0.4, 0.5) is 5.95 Å². The smallest absolute Gasteiger partial charge is 0.258 e. The molecule has 2 N–H and O–H groups in total. The lowest BCUT2D eigenvalue weighted by atomic mass is 10.2. The number of amides is 1. The van der Waals surface area contributed by atoms with Crippen LogP contribution in [0.2, 0.25) is 5.02 Å². The van der Waals surface area contributed by atoms with Gasteiger partial charge in [-0.25, -0.2) is 0 Å². The van der Waals surface area contributed by atoms with Gasteiger partial charge < -0.3 is 4.57 Å². The summed E-state index contributed by atoms with van der Waals surface area (Å²) in [6.07, 6.45) is 1.52. The van der Waals surface area contributed by atoms with Gasteiger partial charge >= 0.3 is 0 Å². The average Bonchev–Trinajstić information content (AvgIpc) is 2.99. The second-order valence-corrected chi connectivity index (χ2v) is 5.27. The molecule has 0 aliphatic carbocycles. The molecule has 3 rings (SSSR count). The molecule has 0 atom stereocenters. The summed E-state index contributed by atoms with van der Waals surface area (Å²) in [6.45, 7) is 0. The first-order valence-corrected chi connectivity index (χ1v) is 7.07. The number of nitrogens with one attached hydrogen (secondary N) is 2.